The van der Waals surface area contributed by atoms with Crippen LogP contribution in [0.25, 0.3) is 0 Å². The normalized spacial score (nSPS) is 13.8. The first-order valence-electron chi connectivity index (χ1n) is 3.69. The van der Waals surface area contributed by atoms with Gasteiger partial charge in [0.1, 0.15) is 6.10 Å². The van der Waals surface area contributed by atoms with Gasteiger partial charge < -0.3 is 9.94 Å². The summed E-state index contributed by atoms with van der Waals surface area (Å²) < 4.78 is 0. The predicted octanol–water partition coefficient (Wildman–Crippen LogP) is 1.43. The molecule has 0 saturated carbocycles. The van der Waals surface area contributed by atoms with Gasteiger partial charge in [-0.25, -0.2) is 0 Å². The van der Waals surface area contributed by atoms with Gasteiger partial charge in [-0.15, -0.1) is 0 Å². The van der Waals surface area contributed by atoms with Crippen LogP contribution in [0.3, 0.4) is 0 Å². The number of oxime groups is 1. The summed E-state index contributed by atoms with van der Waals surface area (Å²) in [5.74, 6) is -0.885. The van der Waals surface area contributed by atoms with E-state index in [1.54, 1.807) is 19.1 Å². The molecule has 0 aliphatic carbocycles. The van der Waals surface area contributed by atoms with Crippen LogP contribution < -0.4 is 0 Å². The molecule has 0 rings (SSSR count). The summed E-state index contributed by atoms with van der Waals surface area (Å²) in [6, 6.07) is 0. The first-order valence-corrected chi connectivity index (χ1v) is 3.69. The van der Waals surface area contributed by atoms with Crippen LogP contribution in [0.4, 0.5) is 0 Å². The fraction of sp³-hybridized carbons (Fsp3) is 0.500. The van der Waals surface area contributed by atoms with Gasteiger partial charge in [-0.3, -0.25) is 4.79 Å². The maximum atomic E-state index is 10.2. The monoisotopic (exact) mass is 171 g/mol. The Kier molecular flexibility index (Phi) is 5.69. The molecule has 1 N–H and O–H groups in total. The molecule has 0 radical (unpaired) electrons. The van der Waals surface area contributed by atoms with E-state index in [2.05, 4.69) is 5.16 Å². The quantitative estimate of drug-likeness (QED) is 0.502. The van der Waals surface area contributed by atoms with Crippen molar-refractivity contribution in [2.45, 2.75) is 26.4 Å². The van der Waals surface area contributed by atoms with Crippen LogP contribution in [0.5, 0.6) is 0 Å². The topological polar surface area (TPSA) is 58.9 Å². The van der Waals surface area contributed by atoms with Crippen molar-refractivity contribution in [3.63, 3.8) is 0 Å². The van der Waals surface area contributed by atoms with Gasteiger partial charge in [-0.05, 0) is 19.9 Å². The standard InChI is InChI=1S/C8H13NO3/c1-3-4-5-9-12-7(2)6-8(10)11/h3-5,7H,6H2,1-2H3,(H,10,11)/b4-3-,9-5?. The van der Waals surface area contributed by atoms with Crippen LogP contribution >= 0.6 is 0 Å². The number of allylic oxidation sites excluding steroid dienone is 2. The summed E-state index contributed by atoms with van der Waals surface area (Å²) in [4.78, 5) is 14.9. The second kappa shape index (κ2) is 6.39. The van der Waals surface area contributed by atoms with E-state index in [9.17, 15) is 4.79 Å². The van der Waals surface area contributed by atoms with Crippen LogP contribution in [-0.2, 0) is 9.63 Å². The highest BCUT2D eigenvalue weighted by atomic mass is 16.6. The number of nitrogens with zero attached hydrogens (tertiary/aromatic N) is 1. The molecule has 0 aliphatic rings. The van der Waals surface area contributed by atoms with Crippen LogP contribution in [0.2, 0.25) is 0 Å². The lowest BCUT2D eigenvalue weighted by Crippen LogP contribution is -2.10. The van der Waals surface area contributed by atoms with E-state index in [1.807, 2.05) is 6.92 Å². The third-order valence-corrected chi connectivity index (χ3v) is 1.04. The number of aliphatic carboxylic acids is 1. The Morgan fingerprint density at radius 2 is 2.42 bits per heavy atom. The maximum absolute atomic E-state index is 10.2. The largest absolute Gasteiger partial charge is 0.481 e. The van der Waals surface area contributed by atoms with Crippen molar-refractivity contribution in [2.75, 3.05) is 0 Å². The van der Waals surface area contributed by atoms with Gasteiger partial charge in [-0.2, -0.15) is 0 Å². The molecular weight excluding hydrogens is 158 g/mol. The Morgan fingerprint density at radius 3 is 2.92 bits per heavy atom. The van der Waals surface area contributed by atoms with Crippen LogP contribution in [0.15, 0.2) is 17.3 Å². The summed E-state index contributed by atoms with van der Waals surface area (Å²) in [5.41, 5.74) is 0. The van der Waals surface area contributed by atoms with E-state index < -0.39 is 5.97 Å². The van der Waals surface area contributed by atoms with E-state index >= 15 is 0 Å². The summed E-state index contributed by atoms with van der Waals surface area (Å²) in [6.07, 6.45) is 4.55. The number of rotatable bonds is 5. The molecule has 1 atom stereocenters. The molecular formula is C8H13NO3. The van der Waals surface area contributed by atoms with E-state index in [0.717, 1.165) is 0 Å². The van der Waals surface area contributed by atoms with Gasteiger partial charge in [0.2, 0.25) is 0 Å². The van der Waals surface area contributed by atoms with Crippen molar-refractivity contribution in [1.29, 1.82) is 0 Å². The summed E-state index contributed by atoms with van der Waals surface area (Å²) in [5, 5.41) is 11.9. The second-order valence-electron chi connectivity index (χ2n) is 2.29. The van der Waals surface area contributed by atoms with Crippen molar-refractivity contribution in [3.05, 3.63) is 12.2 Å². The lowest BCUT2D eigenvalue weighted by Gasteiger charge is -2.04. The summed E-state index contributed by atoms with van der Waals surface area (Å²) >= 11 is 0. The fourth-order valence-corrected chi connectivity index (χ4v) is 0.543. The number of carbonyl (C=O) groups is 1. The van der Waals surface area contributed by atoms with Crippen LogP contribution in [0.1, 0.15) is 20.3 Å². The second-order valence-corrected chi connectivity index (χ2v) is 2.29. The number of carboxylic acid groups (broad SMARTS) is 1. The van der Waals surface area contributed by atoms with Crippen molar-refractivity contribution in [3.8, 4) is 0 Å². The Morgan fingerprint density at radius 1 is 1.75 bits per heavy atom. The SMILES string of the molecule is C/C=C\C=NOC(C)CC(=O)O. The highest BCUT2D eigenvalue weighted by molar-refractivity contribution is 5.70. The first-order chi connectivity index (χ1) is 5.66. The van der Waals surface area contributed by atoms with E-state index in [1.165, 1.54) is 6.21 Å². The first kappa shape index (κ1) is 10.7. The predicted molar refractivity (Wildman–Crippen MR) is 46.1 cm³/mol. The number of hydrogen-bond acceptors (Lipinski definition) is 3. The molecule has 0 spiro atoms. The average Bonchev–Trinajstić information content (AvgIpc) is 1.97. The Labute approximate surface area is 71.5 Å². The molecule has 0 aromatic rings. The molecule has 1 unspecified atom stereocenters. The van der Waals surface area contributed by atoms with Gasteiger partial charge in [0.05, 0.1) is 12.6 Å². The molecule has 0 fully saturated rings. The minimum atomic E-state index is -0.885. The highest BCUT2D eigenvalue weighted by Gasteiger charge is 2.06. The zero-order valence-corrected chi connectivity index (χ0v) is 7.23. The molecule has 0 bridgehead atoms. The molecule has 0 aromatic heterocycles. The number of hydrogen-bond donors (Lipinski definition) is 1. The third kappa shape index (κ3) is 6.80. The lowest BCUT2D eigenvalue weighted by molar-refractivity contribution is -0.139. The molecule has 68 valence electrons. The third-order valence-electron chi connectivity index (χ3n) is 1.04. The molecule has 12 heavy (non-hydrogen) atoms. The van der Waals surface area contributed by atoms with Crippen LogP contribution in [0, 0.1) is 0 Å². The van der Waals surface area contributed by atoms with Gasteiger partial charge in [0, 0.05) is 0 Å². The van der Waals surface area contributed by atoms with Gasteiger partial charge in [-0.1, -0.05) is 11.2 Å². The zero-order valence-electron chi connectivity index (χ0n) is 7.23. The smallest absolute Gasteiger partial charge is 0.307 e. The summed E-state index contributed by atoms with van der Waals surface area (Å²) in [6.45, 7) is 3.51. The Hall–Kier alpha value is -1.32. The van der Waals surface area contributed by atoms with Crippen molar-refractivity contribution < 1.29 is 14.7 Å². The van der Waals surface area contributed by atoms with E-state index in [0.29, 0.717) is 0 Å². The van der Waals surface area contributed by atoms with E-state index in [4.69, 9.17) is 9.94 Å². The molecule has 4 nitrogen and oxygen atoms in total. The summed E-state index contributed by atoms with van der Waals surface area (Å²) in [7, 11) is 0. The van der Waals surface area contributed by atoms with Crippen molar-refractivity contribution in [2.24, 2.45) is 5.16 Å². The Balaban J connectivity index is 3.56. The highest BCUT2D eigenvalue weighted by Crippen LogP contribution is 1.96. The molecule has 0 aliphatic heterocycles. The molecule has 0 amide bonds. The molecule has 0 aromatic carbocycles. The van der Waals surface area contributed by atoms with Crippen molar-refractivity contribution >= 4 is 12.2 Å². The van der Waals surface area contributed by atoms with E-state index in [-0.39, 0.29) is 12.5 Å². The van der Waals surface area contributed by atoms with Gasteiger partial charge >= 0.3 is 5.97 Å². The minimum absolute atomic E-state index is 0.0345. The van der Waals surface area contributed by atoms with Gasteiger partial charge in [0.15, 0.2) is 0 Å². The molecule has 0 heterocycles. The Bertz CT molecular complexity index is 187. The number of carboxylic acids is 1. The molecule has 0 saturated heterocycles. The van der Waals surface area contributed by atoms with Crippen LogP contribution in [-0.4, -0.2) is 23.4 Å². The molecule has 4 heteroatoms. The van der Waals surface area contributed by atoms with Gasteiger partial charge in [0.25, 0.3) is 0 Å². The average molecular weight is 171 g/mol. The fourth-order valence-electron chi connectivity index (χ4n) is 0.543. The minimum Gasteiger partial charge on any atom is -0.481 e. The maximum Gasteiger partial charge on any atom is 0.307 e. The zero-order chi connectivity index (χ0) is 9.40. The lowest BCUT2D eigenvalue weighted by atomic mass is 10.3. The van der Waals surface area contributed by atoms with Crippen molar-refractivity contribution in [1.82, 2.24) is 0 Å².